The van der Waals surface area contributed by atoms with Crippen molar-refractivity contribution in [3.8, 4) is 11.3 Å². The Balaban J connectivity index is 1.48. The molecule has 2 atom stereocenters. The number of imidazole rings is 1. The van der Waals surface area contributed by atoms with Crippen LogP contribution in [0.25, 0.3) is 11.3 Å². The summed E-state index contributed by atoms with van der Waals surface area (Å²) in [6.07, 6.45) is 4.29. The van der Waals surface area contributed by atoms with E-state index in [-0.39, 0.29) is 17.2 Å². The molecule has 3 aromatic rings. The average molecular weight is 392 g/mol. The second kappa shape index (κ2) is 8.23. The Bertz CT molecular complexity index is 935. The zero-order valence-electron chi connectivity index (χ0n) is 16.2. The molecule has 5 heteroatoms. The Morgan fingerprint density at radius 2 is 1.71 bits per heavy atom. The van der Waals surface area contributed by atoms with Crippen LogP contribution in [0.3, 0.4) is 0 Å². The molecule has 1 aliphatic rings. The molecule has 0 bridgehead atoms. The molecule has 0 radical (unpaired) electrons. The zero-order chi connectivity index (χ0) is 19.5. The molecule has 144 valence electrons. The number of amides is 1. The van der Waals surface area contributed by atoms with E-state index in [0.29, 0.717) is 6.04 Å². The monoisotopic (exact) mass is 391 g/mol. The van der Waals surface area contributed by atoms with Gasteiger partial charge in [-0.3, -0.25) is 4.79 Å². The maximum absolute atomic E-state index is 12.7. The highest BCUT2D eigenvalue weighted by Crippen LogP contribution is 2.42. The average Bonchev–Trinajstić information content (AvgIpc) is 3.49. The van der Waals surface area contributed by atoms with Crippen LogP contribution in [0.5, 0.6) is 0 Å². The molecule has 28 heavy (non-hydrogen) atoms. The van der Waals surface area contributed by atoms with Gasteiger partial charge in [-0.1, -0.05) is 72.4 Å². The van der Waals surface area contributed by atoms with Gasteiger partial charge in [0.05, 0.1) is 23.2 Å². The molecule has 1 heterocycles. The standard InChI is InChI=1S/C23H25N3OS/c1-16(18-9-5-3-6-10-18)25-22(27)17(2)28-23-24-15-21(26(23)20-13-14-20)19-11-7-4-8-12-19/h3-12,15-17,20H,13-14H2,1-2H3,(H,25,27). The molecule has 1 aliphatic carbocycles. The summed E-state index contributed by atoms with van der Waals surface area (Å²) in [5.41, 5.74) is 3.42. The van der Waals surface area contributed by atoms with Crippen molar-refractivity contribution in [2.24, 2.45) is 0 Å². The van der Waals surface area contributed by atoms with E-state index in [9.17, 15) is 4.79 Å². The molecule has 2 unspecified atom stereocenters. The van der Waals surface area contributed by atoms with Gasteiger partial charge in [0.25, 0.3) is 0 Å². The van der Waals surface area contributed by atoms with Crippen LogP contribution in [0.1, 0.15) is 44.3 Å². The number of carbonyl (C=O) groups is 1. The number of hydrogen-bond acceptors (Lipinski definition) is 3. The second-order valence-corrected chi connectivity index (χ2v) is 8.60. The number of nitrogens with zero attached hydrogens (tertiary/aromatic N) is 2. The topological polar surface area (TPSA) is 46.9 Å². The first kappa shape index (κ1) is 18.8. The molecule has 0 saturated heterocycles. The van der Waals surface area contributed by atoms with Crippen LogP contribution >= 0.6 is 11.8 Å². The van der Waals surface area contributed by atoms with Gasteiger partial charge in [-0.15, -0.1) is 0 Å². The highest BCUT2D eigenvalue weighted by atomic mass is 32.2. The maximum atomic E-state index is 12.7. The minimum absolute atomic E-state index is 0.0141. The van der Waals surface area contributed by atoms with E-state index < -0.39 is 0 Å². The molecule has 1 amide bonds. The molecule has 0 spiro atoms. The molecule has 1 aromatic heterocycles. The summed E-state index contributed by atoms with van der Waals surface area (Å²) in [6, 6.07) is 20.9. The fourth-order valence-electron chi connectivity index (χ4n) is 3.31. The first-order valence-electron chi connectivity index (χ1n) is 9.78. The summed E-state index contributed by atoms with van der Waals surface area (Å²) in [4.78, 5) is 17.4. The number of rotatable bonds is 7. The molecular weight excluding hydrogens is 366 g/mol. The van der Waals surface area contributed by atoms with Crippen molar-refractivity contribution in [2.45, 2.75) is 49.2 Å². The summed E-state index contributed by atoms with van der Waals surface area (Å²) in [6.45, 7) is 3.97. The van der Waals surface area contributed by atoms with Crippen molar-refractivity contribution in [1.82, 2.24) is 14.9 Å². The van der Waals surface area contributed by atoms with Gasteiger partial charge in [0.2, 0.25) is 5.91 Å². The minimum atomic E-state index is -0.213. The van der Waals surface area contributed by atoms with E-state index in [4.69, 9.17) is 0 Å². The number of carbonyl (C=O) groups excluding carboxylic acids is 1. The normalized spacial score (nSPS) is 15.8. The second-order valence-electron chi connectivity index (χ2n) is 7.29. The summed E-state index contributed by atoms with van der Waals surface area (Å²) >= 11 is 1.54. The van der Waals surface area contributed by atoms with Crippen LogP contribution in [0.15, 0.2) is 72.0 Å². The number of thioether (sulfide) groups is 1. The molecular formula is C23H25N3OS. The third-order valence-electron chi connectivity index (χ3n) is 5.05. The van der Waals surface area contributed by atoms with Gasteiger partial charge < -0.3 is 9.88 Å². The lowest BCUT2D eigenvalue weighted by molar-refractivity contribution is -0.120. The third kappa shape index (κ3) is 4.14. The first-order valence-corrected chi connectivity index (χ1v) is 10.7. The van der Waals surface area contributed by atoms with Gasteiger partial charge in [-0.2, -0.15) is 0 Å². The lowest BCUT2D eigenvalue weighted by Gasteiger charge is -2.18. The van der Waals surface area contributed by atoms with Crippen molar-refractivity contribution in [2.75, 3.05) is 0 Å². The van der Waals surface area contributed by atoms with Gasteiger partial charge in [0, 0.05) is 6.04 Å². The van der Waals surface area contributed by atoms with Gasteiger partial charge in [0.15, 0.2) is 5.16 Å². The summed E-state index contributed by atoms with van der Waals surface area (Å²) in [5, 5.41) is 3.84. The summed E-state index contributed by atoms with van der Waals surface area (Å²) in [7, 11) is 0. The fraction of sp³-hybridized carbons (Fsp3) is 0.304. The van der Waals surface area contributed by atoms with Crippen molar-refractivity contribution >= 4 is 17.7 Å². The van der Waals surface area contributed by atoms with Crippen molar-refractivity contribution in [3.63, 3.8) is 0 Å². The van der Waals surface area contributed by atoms with E-state index in [0.717, 1.165) is 16.4 Å². The number of nitrogens with one attached hydrogen (secondary N) is 1. The largest absolute Gasteiger partial charge is 0.349 e. The highest BCUT2D eigenvalue weighted by Gasteiger charge is 2.30. The van der Waals surface area contributed by atoms with E-state index >= 15 is 0 Å². The minimum Gasteiger partial charge on any atom is -0.349 e. The van der Waals surface area contributed by atoms with E-state index in [2.05, 4.69) is 27.0 Å². The molecule has 4 rings (SSSR count). The van der Waals surface area contributed by atoms with E-state index in [1.807, 2.05) is 68.6 Å². The van der Waals surface area contributed by atoms with Crippen molar-refractivity contribution < 1.29 is 4.79 Å². The lowest BCUT2D eigenvalue weighted by atomic mass is 10.1. The zero-order valence-corrected chi connectivity index (χ0v) is 17.0. The molecule has 0 aliphatic heterocycles. The van der Waals surface area contributed by atoms with E-state index in [1.54, 1.807) is 0 Å². The van der Waals surface area contributed by atoms with Crippen LogP contribution in [0, 0.1) is 0 Å². The summed E-state index contributed by atoms with van der Waals surface area (Å²) < 4.78 is 2.31. The predicted molar refractivity (Wildman–Crippen MR) is 114 cm³/mol. The molecule has 1 saturated carbocycles. The molecule has 1 fully saturated rings. The van der Waals surface area contributed by atoms with Gasteiger partial charge in [0.1, 0.15) is 0 Å². The van der Waals surface area contributed by atoms with Crippen LogP contribution in [0.4, 0.5) is 0 Å². The van der Waals surface area contributed by atoms with E-state index in [1.165, 1.54) is 30.2 Å². The molecule has 1 N–H and O–H groups in total. The molecule has 4 nitrogen and oxygen atoms in total. The maximum Gasteiger partial charge on any atom is 0.233 e. The smallest absolute Gasteiger partial charge is 0.233 e. The number of aromatic nitrogens is 2. The van der Waals surface area contributed by atoms with Crippen LogP contribution in [-0.2, 0) is 4.79 Å². The lowest BCUT2D eigenvalue weighted by Crippen LogP contribution is -2.33. The van der Waals surface area contributed by atoms with Crippen LogP contribution in [-0.4, -0.2) is 20.7 Å². The Kier molecular flexibility index (Phi) is 5.53. The van der Waals surface area contributed by atoms with Crippen molar-refractivity contribution in [1.29, 1.82) is 0 Å². The predicted octanol–water partition coefficient (Wildman–Crippen LogP) is 5.24. The third-order valence-corrected chi connectivity index (χ3v) is 6.13. The first-order chi connectivity index (χ1) is 13.6. The summed E-state index contributed by atoms with van der Waals surface area (Å²) in [5.74, 6) is 0.0351. The SMILES string of the molecule is CC(Sc1ncc(-c2ccccc2)n1C1CC1)C(=O)NC(C)c1ccccc1. The van der Waals surface area contributed by atoms with Crippen LogP contribution in [0.2, 0.25) is 0 Å². The number of benzene rings is 2. The van der Waals surface area contributed by atoms with Crippen LogP contribution < -0.4 is 5.32 Å². The molecule has 2 aromatic carbocycles. The Labute approximate surface area is 170 Å². The Hall–Kier alpha value is -2.53. The highest BCUT2D eigenvalue weighted by molar-refractivity contribution is 8.00. The number of hydrogen-bond donors (Lipinski definition) is 1. The van der Waals surface area contributed by atoms with Crippen molar-refractivity contribution in [3.05, 3.63) is 72.4 Å². The van der Waals surface area contributed by atoms with Gasteiger partial charge in [-0.05, 0) is 37.8 Å². The Morgan fingerprint density at radius 1 is 1.07 bits per heavy atom. The fourth-order valence-corrected chi connectivity index (χ4v) is 4.27. The quantitative estimate of drug-likeness (QED) is 0.560. The Morgan fingerprint density at radius 3 is 2.36 bits per heavy atom. The van der Waals surface area contributed by atoms with Gasteiger partial charge in [-0.25, -0.2) is 4.98 Å². The van der Waals surface area contributed by atoms with Gasteiger partial charge >= 0.3 is 0 Å².